The molecule has 2 aromatic rings. The predicted octanol–water partition coefficient (Wildman–Crippen LogP) is 2.18. The Morgan fingerprint density at radius 1 is 1.26 bits per heavy atom. The molecule has 0 fully saturated rings. The van der Waals surface area contributed by atoms with Gasteiger partial charge in [-0.1, -0.05) is 12.1 Å². The Kier molecular flexibility index (Phi) is 3.53. The van der Waals surface area contributed by atoms with Crippen LogP contribution in [0, 0.1) is 20.8 Å². The van der Waals surface area contributed by atoms with Crippen LogP contribution in [0.1, 0.15) is 35.5 Å². The second-order valence-corrected chi connectivity index (χ2v) is 4.95. The van der Waals surface area contributed by atoms with Crippen molar-refractivity contribution in [1.29, 1.82) is 0 Å². The van der Waals surface area contributed by atoms with Crippen LogP contribution in [0.4, 0.5) is 0 Å². The van der Waals surface area contributed by atoms with E-state index in [-0.39, 0.29) is 11.5 Å². The first-order valence-corrected chi connectivity index (χ1v) is 6.35. The van der Waals surface area contributed by atoms with E-state index in [1.54, 1.807) is 17.7 Å². The molecule has 0 amide bonds. The number of aromatic nitrogens is 2. The van der Waals surface area contributed by atoms with Gasteiger partial charge in [0.05, 0.1) is 5.69 Å². The van der Waals surface area contributed by atoms with Gasteiger partial charge in [0.15, 0.2) is 0 Å². The van der Waals surface area contributed by atoms with Crippen LogP contribution in [0.3, 0.4) is 0 Å². The molecule has 19 heavy (non-hydrogen) atoms. The molecule has 2 rings (SSSR count). The maximum atomic E-state index is 11.9. The minimum atomic E-state index is -0.371. The zero-order valence-corrected chi connectivity index (χ0v) is 11.8. The lowest BCUT2D eigenvalue weighted by atomic mass is 10.1. The third-order valence-electron chi connectivity index (χ3n) is 3.37. The van der Waals surface area contributed by atoms with Crippen molar-refractivity contribution in [3.05, 3.63) is 57.0 Å². The molecule has 0 saturated heterocycles. The van der Waals surface area contributed by atoms with Crippen molar-refractivity contribution in [2.45, 2.75) is 33.7 Å². The third kappa shape index (κ3) is 2.44. The smallest absolute Gasteiger partial charge is 0.205 e. The summed E-state index contributed by atoms with van der Waals surface area (Å²) in [6.45, 7) is 7.76. The Bertz CT molecular complexity index is 672. The summed E-state index contributed by atoms with van der Waals surface area (Å²) >= 11 is 0. The number of rotatable bonds is 2. The van der Waals surface area contributed by atoms with Crippen LogP contribution >= 0.6 is 0 Å². The van der Waals surface area contributed by atoms with E-state index in [9.17, 15) is 4.79 Å². The van der Waals surface area contributed by atoms with Gasteiger partial charge in [0, 0.05) is 17.8 Å². The van der Waals surface area contributed by atoms with Crippen molar-refractivity contribution < 1.29 is 0 Å². The van der Waals surface area contributed by atoms with Crippen LogP contribution < -0.4 is 11.2 Å². The maximum Gasteiger partial charge on any atom is 0.205 e. The molecule has 4 heteroatoms. The van der Waals surface area contributed by atoms with Gasteiger partial charge >= 0.3 is 0 Å². The topological polar surface area (TPSA) is 60.9 Å². The largest absolute Gasteiger partial charge is 0.323 e. The highest BCUT2D eigenvalue weighted by atomic mass is 16.1. The second kappa shape index (κ2) is 4.97. The molecule has 0 aliphatic carbocycles. The van der Waals surface area contributed by atoms with Crippen molar-refractivity contribution in [3.63, 3.8) is 0 Å². The molecule has 0 aliphatic heterocycles. The average Bonchev–Trinajstić information content (AvgIpc) is 2.33. The number of hydrogen-bond acceptors (Lipinski definition) is 3. The van der Waals surface area contributed by atoms with Crippen LogP contribution in [0.2, 0.25) is 0 Å². The van der Waals surface area contributed by atoms with Gasteiger partial charge in [0.25, 0.3) is 0 Å². The molecule has 0 radical (unpaired) electrons. The lowest BCUT2D eigenvalue weighted by Crippen LogP contribution is -2.24. The summed E-state index contributed by atoms with van der Waals surface area (Å²) in [5, 5.41) is 4.42. The Balaban J connectivity index is 2.72. The Morgan fingerprint density at radius 3 is 2.58 bits per heavy atom. The van der Waals surface area contributed by atoms with E-state index in [2.05, 4.69) is 25.0 Å². The van der Waals surface area contributed by atoms with Crippen molar-refractivity contribution >= 4 is 0 Å². The van der Waals surface area contributed by atoms with E-state index in [1.165, 1.54) is 5.56 Å². The van der Waals surface area contributed by atoms with Crippen LogP contribution in [0.25, 0.3) is 5.69 Å². The van der Waals surface area contributed by atoms with Gasteiger partial charge in [-0.25, -0.2) is 4.68 Å². The third-order valence-corrected chi connectivity index (χ3v) is 3.37. The van der Waals surface area contributed by atoms with Crippen LogP contribution in [-0.4, -0.2) is 9.78 Å². The highest BCUT2D eigenvalue weighted by Gasteiger charge is 2.12. The van der Waals surface area contributed by atoms with Crippen molar-refractivity contribution in [2.75, 3.05) is 0 Å². The Labute approximate surface area is 112 Å². The van der Waals surface area contributed by atoms with Crippen molar-refractivity contribution in [3.8, 4) is 5.69 Å². The molecule has 0 aliphatic rings. The standard InChI is InChI=1S/C15H19N3O/c1-9-6-5-7-13(11(9)3)18-10(2)8-14(19)15(17-18)12(4)16/h5-8,12H,16H2,1-4H3. The summed E-state index contributed by atoms with van der Waals surface area (Å²) in [5.74, 6) is 0. The second-order valence-electron chi connectivity index (χ2n) is 4.95. The first kappa shape index (κ1) is 13.5. The van der Waals surface area contributed by atoms with Gasteiger partial charge in [-0.3, -0.25) is 4.79 Å². The fourth-order valence-corrected chi connectivity index (χ4v) is 2.09. The van der Waals surface area contributed by atoms with E-state index in [0.29, 0.717) is 5.69 Å². The summed E-state index contributed by atoms with van der Waals surface area (Å²) in [6.07, 6.45) is 0. The van der Waals surface area contributed by atoms with Crippen LogP contribution in [-0.2, 0) is 0 Å². The molecule has 1 aromatic heterocycles. The lowest BCUT2D eigenvalue weighted by Gasteiger charge is -2.15. The Hall–Kier alpha value is -1.94. The van der Waals surface area contributed by atoms with Gasteiger partial charge in [-0.05, 0) is 44.9 Å². The van der Waals surface area contributed by atoms with E-state index in [0.717, 1.165) is 16.9 Å². The van der Waals surface area contributed by atoms with Crippen LogP contribution in [0.5, 0.6) is 0 Å². The highest BCUT2D eigenvalue weighted by molar-refractivity contribution is 5.45. The molecule has 4 nitrogen and oxygen atoms in total. The molecule has 1 unspecified atom stereocenters. The number of benzene rings is 1. The molecule has 0 spiro atoms. The minimum absolute atomic E-state index is 0.103. The summed E-state index contributed by atoms with van der Waals surface area (Å²) in [6, 6.07) is 7.26. The van der Waals surface area contributed by atoms with Gasteiger partial charge in [0.1, 0.15) is 5.69 Å². The molecule has 100 valence electrons. The monoisotopic (exact) mass is 257 g/mol. The first-order valence-electron chi connectivity index (χ1n) is 6.35. The molecule has 1 heterocycles. The molecular weight excluding hydrogens is 238 g/mol. The van der Waals surface area contributed by atoms with Crippen molar-refractivity contribution in [1.82, 2.24) is 9.78 Å². The first-order chi connectivity index (χ1) is 8.91. The van der Waals surface area contributed by atoms with Crippen molar-refractivity contribution in [2.24, 2.45) is 5.73 Å². The summed E-state index contributed by atoms with van der Waals surface area (Å²) in [7, 11) is 0. The fraction of sp³-hybridized carbons (Fsp3) is 0.333. The predicted molar refractivity (Wildman–Crippen MR) is 76.6 cm³/mol. The van der Waals surface area contributed by atoms with E-state index < -0.39 is 0 Å². The van der Waals surface area contributed by atoms with Gasteiger partial charge in [-0.2, -0.15) is 5.10 Å². The summed E-state index contributed by atoms with van der Waals surface area (Å²) < 4.78 is 1.79. The fourth-order valence-electron chi connectivity index (χ4n) is 2.09. The maximum absolute atomic E-state index is 11.9. The summed E-state index contributed by atoms with van der Waals surface area (Å²) in [4.78, 5) is 11.9. The molecule has 1 aromatic carbocycles. The number of nitrogens with zero attached hydrogens (tertiary/aromatic N) is 2. The number of aryl methyl sites for hydroxylation is 2. The molecular formula is C15H19N3O. The van der Waals surface area contributed by atoms with Gasteiger partial charge in [0.2, 0.25) is 5.43 Å². The van der Waals surface area contributed by atoms with E-state index in [4.69, 9.17) is 5.73 Å². The number of nitrogens with two attached hydrogens (primary N) is 1. The minimum Gasteiger partial charge on any atom is -0.323 e. The van der Waals surface area contributed by atoms with Gasteiger partial charge < -0.3 is 5.73 Å². The Morgan fingerprint density at radius 2 is 1.95 bits per heavy atom. The average molecular weight is 257 g/mol. The summed E-state index contributed by atoms with van der Waals surface area (Å²) in [5.41, 5.74) is 10.2. The number of hydrogen-bond donors (Lipinski definition) is 1. The molecule has 0 bridgehead atoms. The highest BCUT2D eigenvalue weighted by Crippen LogP contribution is 2.18. The lowest BCUT2D eigenvalue weighted by molar-refractivity contribution is 0.685. The molecule has 1 atom stereocenters. The van der Waals surface area contributed by atoms with Crippen LogP contribution in [0.15, 0.2) is 29.1 Å². The normalized spacial score (nSPS) is 12.5. The van der Waals surface area contributed by atoms with E-state index in [1.807, 2.05) is 19.1 Å². The zero-order chi connectivity index (χ0) is 14.2. The SMILES string of the molecule is Cc1cccc(-n2nc(C(C)N)c(=O)cc2C)c1C. The molecule has 2 N–H and O–H groups in total. The van der Waals surface area contributed by atoms with E-state index >= 15 is 0 Å². The quantitative estimate of drug-likeness (QED) is 0.897. The van der Waals surface area contributed by atoms with Gasteiger partial charge in [-0.15, -0.1) is 0 Å². The zero-order valence-electron chi connectivity index (χ0n) is 11.8. The molecule has 0 saturated carbocycles.